The molecular weight excluding hydrogens is 929 g/mol. The lowest BCUT2D eigenvalue weighted by molar-refractivity contribution is 0.670. The Hall–Kier alpha value is -10.4. The van der Waals surface area contributed by atoms with Crippen molar-refractivity contribution in [2.24, 2.45) is 0 Å². The van der Waals surface area contributed by atoms with Crippen LogP contribution in [-0.4, -0.2) is 28.7 Å². The molecule has 0 amide bonds. The van der Waals surface area contributed by atoms with Crippen molar-refractivity contribution >= 4 is 87.4 Å². The van der Waals surface area contributed by atoms with E-state index in [9.17, 15) is 0 Å². The van der Waals surface area contributed by atoms with Crippen molar-refractivity contribution in [2.75, 3.05) is 0 Å². The first-order chi connectivity index (χ1) is 37.7. The number of hydrogen-bond donors (Lipinski definition) is 0. The lowest BCUT2D eigenvalue weighted by Crippen LogP contribution is -2.12. The summed E-state index contributed by atoms with van der Waals surface area (Å²) >= 11 is 0. The predicted molar refractivity (Wildman–Crippen MR) is 312 cm³/mol. The number of nitrogens with zero attached hydrogens (tertiary/aromatic N) is 6. The molecule has 0 unspecified atom stereocenters. The Morgan fingerprint density at radius 1 is 0.276 bits per heavy atom. The number of para-hydroxylation sites is 8. The normalized spacial score (nSPS) is 11.9. The number of furan rings is 1. The van der Waals surface area contributed by atoms with Gasteiger partial charge in [-0.15, -0.1) is 0 Å². The maximum absolute atomic E-state index is 7.23. The molecule has 0 saturated heterocycles. The molecule has 16 aromatic rings. The van der Waals surface area contributed by atoms with Crippen LogP contribution in [-0.2, 0) is 0 Å². The third-order valence-electron chi connectivity index (χ3n) is 15.3. The lowest BCUT2D eigenvalue weighted by Gasteiger charge is -2.26. The van der Waals surface area contributed by atoms with Crippen molar-refractivity contribution in [1.82, 2.24) is 28.7 Å². The third kappa shape index (κ3) is 6.20. The van der Waals surface area contributed by atoms with Crippen LogP contribution in [0.15, 0.2) is 259 Å². The number of hydrogen-bond acceptors (Lipinski definition) is 4. The Morgan fingerprint density at radius 3 is 1.12 bits per heavy atom. The van der Waals surface area contributed by atoms with Crippen LogP contribution in [0.1, 0.15) is 0 Å². The summed E-state index contributed by atoms with van der Waals surface area (Å²) in [5.74, 6) is 1.65. The highest BCUT2D eigenvalue weighted by molar-refractivity contribution is 6.17. The average Bonchev–Trinajstić information content (AvgIpc) is 4.28. The smallest absolute Gasteiger partial charge is 0.166 e. The maximum atomic E-state index is 7.23. The van der Waals surface area contributed by atoms with E-state index in [1.54, 1.807) is 0 Å². The molecule has 7 nitrogen and oxygen atoms in total. The molecular formula is C69H42N6O. The molecule has 0 N–H and O–H groups in total. The Labute approximate surface area is 435 Å². The van der Waals surface area contributed by atoms with E-state index in [0.29, 0.717) is 17.5 Å². The van der Waals surface area contributed by atoms with E-state index in [1.165, 1.54) is 0 Å². The monoisotopic (exact) mass is 970 g/mol. The summed E-state index contributed by atoms with van der Waals surface area (Å²) in [5.41, 5.74) is 15.1. The van der Waals surface area contributed by atoms with Crippen LogP contribution in [0.5, 0.6) is 0 Å². The van der Waals surface area contributed by atoms with Gasteiger partial charge >= 0.3 is 0 Å². The van der Waals surface area contributed by atoms with Gasteiger partial charge in [0.25, 0.3) is 0 Å². The van der Waals surface area contributed by atoms with Crippen molar-refractivity contribution in [3.8, 4) is 62.4 Å². The molecule has 0 bridgehead atoms. The second-order valence-corrected chi connectivity index (χ2v) is 19.4. The number of rotatable bonds is 7. The fourth-order valence-electron chi connectivity index (χ4n) is 12.1. The van der Waals surface area contributed by atoms with Crippen LogP contribution in [0.3, 0.4) is 0 Å². The Kier molecular flexibility index (Phi) is 9.20. The highest BCUT2D eigenvalue weighted by Gasteiger charge is 2.32. The summed E-state index contributed by atoms with van der Waals surface area (Å²) in [6.45, 7) is 0. The molecule has 0 fully saturated rings. The molecule has 0 aliphatic heterocycles. The molecule has 0 spiro atoms. The van der Waals surface area contributed by atoms with E-state index in [0.717, 1.165) is 132 Å². The Morgan fingerprint density at radius 2 is 0.645 bits per heavy atom. The number of fused-ring (bicyclic) bond motifs is 12. The quantitative estimate of drug-likeness (QED) is 0.160. The molecule has 76 heavy (non-hydrogen) atoms. The van der Waals surface area contributed by atoms with E-state index in [1.807, 2.05) is 42.5 Å². The second kappa shape index (κ2) is 16.6. The van der Waals surface area contributed by atoms with Gasteiger partial charge in [0.1, 0.15) is 11.2 Å². The van der Waals surface area contributed by atoms with Gasteiger partial charge in [0.2, 0.25) is 0 Å². The minimum Gasteiger partial charge on any atom is -0.455 e. The topological polar surface area (TPSA) is 66.6 Å². The number of aromatic nitrogens is 6. The molecule has 11 aromatic carbocycles. The standard InChI is InChI=1S/C69H42N6O/c1-3-22-43(23-4-1)67-70-68(44-24-5-2-6-25-44)72-69(71-67)64-60(73-54-35-14-7-26-45(54)46-27-8-15-36-55(46)73)42-61(74-56-37-16-9-28-47(56)48-29-10-17-38-57(48)74)65(75-58-39-18-11-30-49(58)50-31-12-19-40-59(50)75)63(64)53-34-21-33-52-51-32-13-20-41-62(51)76-66(52)53/h1-42H. The predicted octanol–water partition coefficient (Wildman–Crippen LogP) is 17.7. The van der Waals surface area contributed by atoms with Crippen molar-refractivity contribution in [3.63, 3.8) is 0 Å². The molecule has 16 rings (SSSR count). The highest BCUT2D eigenvalue weighted by atomic mass is 16.3. The average molecular weight is 971 g/mol. The first kappa shape index (κ1) is 42.2. The summed E-state index contributed by atoms with van der Waals surface area (Å²) < 4.78 is 14.6. The summed E-state index contributed by atoms with van der Waals surface area (Å²) in [6, 6.07) is 90.5. The fourth-order valence-corrected chi connectivity index (χ4v) is 12.1. The molecule has 0 aliphatic carbocycles. The van der Waals surface area contributed by atoms with Gasteiger partial charge in [-0.05, 0) is 48.5 Å². The molecule has 5 aromatic heterocycles. The minimum absolute atomic E-state index is 0.517. The van der Waals surface area contributed by atoms with Crippen LogP contribution in [0.2, 0.25) is 0 Å². The summed E-state index contributed by atoms with van der Waals surface area (Å²) in [7, 11) is 0. The van der Waals surface area contributed by atoms with Crippen LogP contribution >= 0.6 is 0 Å². The third-order valence-corrected chi connectivity index (χ3v) is 15.3. The van der Waals surface area contributed by atoms with Gasteiger partial charge in [-0.3, -0.25) is 0 Å². The van der Waals surface area contributed by atoms with E-state index < -0.39 is 0 Å². The van der Waals surface area contributed by atoms with E-state index >= 15 is 0 Å². The summed E-state index contributed by atoms with van der Waals surface area (Å²) in [5, 5.41) is 8.94. The molecule has 354 valence electrons. The van der Waals surface area contributed by atoms with Gasteiger partial charge in [-0.1, -0.05) is 206 Å². The second-order valence-electron chi connectivity index (χ2n) is 19.4. The Bertz CT molecular complexity index is 4790. The SMILES string of the molecule is c1ccc(-c2nc(-c3ccccc3)nc(-c3c(-n4c5ccccc5c5ccccc54)cc(-n4c5ccccc5c5ccccc54)c(-n4c5ccccc5c5ccccc54)c3-c3cccc4c3oc3ccccc34)n2)cc1. The molecule has 0 saturated carbocycles. The van der Waals surface area contributed by atoms with Gasteiger partial charge in [-0.25, -0.2) is 15.0 Å². The van der Waals surface area contributed by atoms with E-state index in [4.69, 9.17) is 19.4 Å². The van der Waals surface area contributed by atoms with Crippen molar-refractivity contribution < 1.29 is 4.42 Å². The van der Waals surface area contributed by atoms with Gasteiger partial charge in [0, 0.05) is 65.3 Å². The van der Waals surface area contributed by atoms with Crippen molar-refractivity contribution in [2.45, 2.75) is 0 Å². The van der Waals surface area contributed by atoms with Crippen LogP contribution in [0, 0.1) is 0 Å². The fraction of sp³-hybridized carbons (Fsp3) is 0. The van der Waals surface area contributed by atoms with Crippen LogP contribution < -0.4 is 0 Å². The molecule has 0 radical (unpaired) electrons. The molecule has 0 atom stereocenters. The summed E-state index contributed by atoms with van der Waals surface area (Å²) in [4.78, 5) is 16.7. The zero-order valence-corrected chi connectivity index (χ0v) is 40.8. The van der Waals surface area contributed by atoms with Gasteiger partial charge < -0.3 is 18.1 Å². The zero-order chi connectivity index (χ0) is 49.8. The number of benzene rings is 11. The van der Waals surface area contributed by atoms with E-state index in [-0.39, 0.29) is 0 Å². The largest absolute Gasteiger partial charge is 0.455 e. The first-order valence-corrected chi connectivity index (χ1v) is 25.7. The molecule has 7 heteroatoms. The lowest BCUT2D eigenvalue weighted by atomic mass is 9.91. The highest BCUT2D eigenvalue weighted by Crippen LogP contribution is 2.51. The molecule has 5 heterocycles. The van der Waals surface area contributed by atoms with Gasteiger partial charge in [0.15, 0.2) is 17.5 Å². The Balaban J connectivity index is 1.22. The van der Waals surface area contributed by atoms with Crippen molar-refractivity contribution in [1.29, 1.82) is 0 Å². The zero-order valence-electron chi connectivity index (χ0n) is 40.8. The van der Waals surface area contributed by atoms with Crippen LogP contribution in [0.25, 0.3) is 150 Å². The van der Waals surface area contributed by atoms with Crippen molar-refractivity contribution in [3.05, 3.63) is 255 Å². The van der Waals surface area contributed by atoms with E-state index in [2.05, 4.69) is 226 Å². The maximum Gasteiger partial charge on any atom is 0.166 e. The van der Waals surface area contributed by atoms with Crippen LogP contribution in [0.4, 0.5) is 0 Å². The minimum atomic E-state index is 0.517. The first-order valence-electron chi connectivity index (χ1n) is 25.7. The molecule has 0 aliphatic rings. The summed E-state index contributed by atoms with van der Waals surface area (Å²) in [6.07, 6.45) is 0. The van der Waals surface area contributed by atoms with Gasteiger partial charge in [-0.2, -0.15) is 0 Å². The van der Waals surface area contributed by atoms with Gasteiger partial charge in [0.05, 0.1) is 55.7 Å².